The summed E-state index contributed by atoms with van der Waals surface area (Å²) in [6, 6.07) is 0. The monoisotopic (exact) mass is 495 g/mol. The molecule has 0 bridgehead atoms. The molecule has 1 amide bonds. The molecule has 0 aliphatic rings. The highest BCUT2D eigenvalue weighted by atomic mass is 35.6. The van der Waals surface area contributed by atoms with Crippen LogP contribution in [-0.4, -0.2) is 60.4 Å². The zero-order valence-corrected chi connectivity index (χ0v) is 17.8. The third-order valence-electron chi connectivity index (χ3n) is 4.30. The number of imidazole rings is 2. The SMILES string of the molecule is Cc1ncc([N+](=O)[O-])n1CCN(C(=O)O)C(n1cnc2c(N)nc(F)nc21)C(Cl)(Cl)Cl. The van der Waals surface area contributed by atoms with Crippen LogP contribution in [0.4, 0.5) is 20.8 Å². The number of aryl methyl sites for hydroxylation is 1. The lowest BCUT2D eigenvalue weighted by atomic mass is 10.4. The van der Waals surface area contributed by atoms with E-state index in [9.17, 15) is 24.4 Å². The number of carboxylic acid groups (broad SMARTS) is 1. The molecule has 0 aliphatic heterocycles. The Hall–Kier alpha value is -2.97. The van der Waals surface area contributed by atoms with E-state index >= 15 is 0 Å². The van der Waals surface area contributed by atoms with Crippen molar-refractivity contribution < 1.29 is 19.2 Å². The van der Waals surface area contributed by atoms with Gasteiger partial charge >= 0.3 is 18.0 Å². The van der Waals surface area contributed by atoms with Crippen LogP contribution in [0.5, 0.6) is 0 Å². The molecule has 0 spiro atoms. The molecule has 3 aromatic rings. The van der Waals surface area contributed by atoms with E-state index in [1.165, 1.54) is 11.5 Å². The molecule has 0 radical (unpaired) electrons. The summed E-state index contributed by atoms with van der Waals surface area (Å²) >= 11 is 18.2. The van der Waals surface area contributed by atoms with Gasteiger partial charge in [-0.3, -0.25) is 9.47 Å². The summed E-state index contributed by atoms with van der Waals surface area (Å²) in [5.41, 5.74) is 5.38. The maximum Gasteiger partial charge on any atom is 0.409 e. The molecule has 1 atom stereocenters. The first kappa shape index (κ1) is 22.7. The minimum Gasteiger partial charge on any atom is -0.465 e. The molecule has 0 aliphatic carbocycles. The van der Waals surface area contributed by atoms with E-state index < -0.39 is 27.1 Å². The van der Waals surface area contributed by atoms with Crippen LogP contribution < -0.4 is 5.73 Å². The largest absolute Gasteiger partial charge is 0.465 e. The lowest BCUT2D eigenvalue weighted by Crippen LogP contribution is -2.45. The minimum atomic E-state index is -2.28. The Morgan fingerprint density at radius 3 is 2.68 bits per heavy atom. The van der Waals surface area contributed by atoms with Gasteiger partial charge in [-0.15, -0.1) is 0 Å². The molecule has 17 heteroatoms. The molecule has 3 aromatic heterocycles. The molecule has 1 unspecified atom stereocenters. The van der Waals surface area contributed by atoms with Crippen LogP contribution in [0.25, 0.3) is 11.2 Å². The second kappa shape index (κ2) is 8.28. The lowest BCUT2D eigenvalue weighted by Gasteiger charge is -2.34. The van der Waals surface area contributed by atoms with Gasteiger partial charge < -0.3 is 21.0 Å². The zero-order valence-electron chi connectivity index (χ0n) is 15.5. The number of nitrogens with two attached hydrogens (primary N) is 1. The van der Waals surface area contributed by atoms with E-state index in [0.717, 1.165) is 17.1 Å². The number of amides is 1. The molecule has 31 heavy (non-hydrogen) atoms. The molecule has 166 valence electrons. The maximum atomic E-state index is 13.7. The summed E-state index contributed by atoms with van der Waals surface area (Å²) in [6.07, 6.45) is -2.19. The number of hydrogen-bond donors (Lipinski definition) is 2. The number of rotatable bonds is 6. The molecule has 3 N–H and O–H groups in total. The van der Waals surface area contributed by atoms with Gasteiger partial charge in [-0.05, 0) is 4.92 Å². The fraction of sp³-hybridized carbons (Fsp3) is 0.357. The highest BCUT2D eigenvalue weighted by Crippen LogP contribution is 2.42. The number of fused-ring (bicyclic) bond motifs is 1. The van der Waals surface area contributed by atoms with Crippen LogP contribution in [0.2, 0.25) is 0 Å². The standard InChI is InChI=1S/C14H13Cl3FN9O4/c1-6-20-4-7(27(30)31)24(6)2-3-25(13(28)29)11(14(15,16)17)26-5-21-8-9(19)22-12(18)23-10(8)26/h4-5,11H,2-3H2,1H3,(H,28,29)(H2,19,22,23). The molecule has 3 rings (SSSR count). The number of nitrogens with zero attached hydrogens (tertiary/aromatic N) is 8. The number of alkyl halides is 3. The number of halogens is 4. The second-order valence-electron chi connectivity index (χ2n) is 6.17. The number of hydrogen-bond acceptors (Lipinski definition) is 8. The number of aromatic nitrogens is 6. The van der Waals surface area contributed by atoms with Gasteiger partial charge in [0.1, 0.15) is 12.7 Å². The Kier molecular flexibility index (Phi) is 6.07. The number of nitrogen functional groups attached to an aromatic ring is 1. The Labute approximate surface area is 187 Å². The van der Waals surface area contributed by atoms with Crippen LogP contribution in [-0.2, 0) is 6.54 Å². The number of carbonyl (C=O) groups is 1. The molecular weight excluding hydrogens is 484 g/mol. The first-order valence-corrected chi connectivity index (χ1v) is 9.43. The summed E-state index contributed by atoms with van der Waals surface area (Å²) < 4.78 is 13.7. The molecular formula is C14H13Cl3FN9O4. The van der Waals surface area contributed by atoms with Gasteiger partial charge in [0, 0.05) is 6.92 Å². The Bertz CT molecular complexity index is 1160. The molecule has 0 fully saturated rings. The first-order valence-electron chi connectivity index (χ1n) is 8.30. The number of anilines is 1. The maximum absolute atomic E-state index is 13.7. The topological polar surface area (TPSA) is 171 Å². The fourth-order valence-corrected chi connectivity index (χ4v) is 3.65. The van der Waals surface area contributed by atoms with Gasteiger partial charge in [0.15, 0.2) is 29.0 Å². The molecule has 13 nitrogen and oxygen atoms in total. The average Bonchev–Trinajstić information content (AvgIpc) is 3.21. The lowest BCUT2D eigenvalue weighted by molar-refractivity contribution is -0.392. The van der Waals surface area contributed by atoms with Crippen molar-refractivity contribution in [2.24, 2.45) is 0 Å². The van der Waals surface area contributed by atoms with Crippen molar-refractivity contribution in [1.82, 2.24) is 34.0 Å². The van der Waals surface area contributed by atoms with Crippen LogP contribution in [0.15, 0.2) is 12.5 Å². The summed E-state index contributed by atoms with van der Waals surface area (Å²) in [7, 11) is 0. The van der Waals surface area contributed by atoms with E-state index in [4.69, 9.17) is 40.5 Å². The molecule has 3 heterocycles. The third-order valence-corrected chi connectivity index (χ3v) is 4.89. The van der Waals surface area contributed by atoms with Crippen LogP contribution in [0, 0.1) is 23.1 Å². The van der Waals surface area contributed by atoms with Gasteiger partial charge in [0.25, 0.3) is 0 Å². The quantitative estimate of drug-likeness (QED) is 0.225. The Balaban J connectivity index is 2.06. The molecule has 0 saturated carbocycles. The highest BCUT2D eigenvalue weighted by Gasteiger charge is 2.43. The van der Waals surface area contributed by atoms with Crippen molar-refractivity contribution in [3.63, 3.8) is 0 Å². The highest BCUT2D eigenvalue weighted by molar-refractivity contribution is 6.67. The average molecular weight is 497 g/mol. The van der Waals surface area contributed by atoms with Gasteiger partial charge in [0.05, 0.1) is 12.9 Å². The zero-order chi connectivity index (χ0) is 23.1. The summed E-state index contributed by atoms with van der Waals surface area (Å²) in [6.45, 7) is 0.953. The van der Waals surface area contributed by atoms with Crippen molar-refractivity contribution in [3.05, 3.63) is 34.5 Å². The van der Waals surface area contributed by atoms with E-state index in [1.807, 2.05) is 0 Å². The van der Waals surface area contributed by atoms with E-state index in [2.05, 4.69) is 19.9 Å². The van der Waals surface area contributed by atoms with E-state index in [1.54, 1.807) is 0 Å². The Morgan fingerprint density at radius 2 is 2.10 bits per heavy atom. The van der Waals surface area contributed by atoms with Crippen molar-refractivity contribution >= 4 is 63.7 Å². The second-order valence-corrected chi connectivity index (χ2v) is 8.53. The van der Waals surface area contributed by atoms with Gasteiger partial charge in [-0.25, -0.2) is 19.3 Å². The summed E-state index contributed by atoms with van der Waals surface area (Å²) in [5.74, 6) is -0.363. The van der Waals surface area contributed by atoms with Gasteiger partial charge in [-0.1, -0.05) is 34.8 Å². The predicted octanol–water partition coefficient (Wildman–Crippen LogP) is 2.51. The van der Waals surface area contributed by atoms with E-state index in [0.29, 0.717) is 4.90 Å². The predicted molar refractivity (Wildman–Crippen MR) is 107 cm³/mol. The van der Waals surface area contributed by atoms with Crippen LogP contribution in [0.1, 0.15) is 12.0 Å². The van der Waals surface area contributed by atoms with Gasteiger partial charge in [-0.2, -0.15) is 14.4 Å². The van der Waals surface area contributed by atoms with Gasteiger partial charge in [0.2, 0.25) is 3.79 Å². The minimum absolute atomic E-state index is 0.0351. The summed E-state index contributed by atoms with van der Waals surface area (Å²) in [5, 5.41) is 21.0. The van der Waals surface area contributed by atoms with Crippen LogP contribution >= 0.6 is 34.8 Å². The van der Waals surface area contributed by atoms with Crippen molar-refractivity contribution in [2.45, 2.75) is 23.4 Å². The Morgan fingerprint density at radius 1 is 1.42 bits per heavy atom. The van der Waals surface area contributed by atoms with E-state index in [-0.39, 0.29) is 41.7 Å². The van der Waals surface area contributed by atoms with Crippen LogP contribution in [0.3, 0.4) is 0 Å². The summed E-state index contributed by atoms with van der Waals surface area (Å²) in [4.78, 5) is 38.0. The van der Waals surface area contributed by atoms with Crippen molar-refractivity contribution in [2.75, 3.05) is 12.3 Å². The fourth-order valence-electron chi connectivity index (χ4n) is 2.98. The molecule has 0 aromatic carbocycles. The number of nitro groups is 1. The van der Waals surface area contributed by atoms with Crippen molar-refractivity contribution in [1.29, 1.82) is 0 Å². The third kappa shape index (κ3) is 4.40. The normalized spacial score (nSPS) is 12.8. The first-order chi connectivity index (χ1) is 14.4. The smallest absolute Gasteiger partial charge is 0.409 e. The van der Waals surface area contributed by atoms with Crippen molar-refractivity contribution in [3.8, 4) is 0 Å². The molecule has 0 saturated heterocycles.